The van der Waals surface area contributed by atoms with Gasteiger partial charge in [0.25, 0.3) is 0 Å². The lowest BCUT2D eigenvalue weighted by Gasteiger charge is -2.44. The van der Waals surface area contributed by atoms with Crippen LogP contribution in [0.5, 0.6) is 0 Å². The minimum absolute atomic E-state index is 0.645. The molecule has 0 aromatic heterocycles. The molecule has 0 atom stereocenters. The van der Waals surface area contributed by atoms with Crippen molar-refractivity contribution in [3.8, 4) is 11.1 Å². The zero-order valence-electron chi connectivity index (χ0n) is 35.1. The molecule has 58 heavy (non-hydrogen) atoms. The molecule has 2 nitrogen and oxygen atoms in total. The van der Waals surface area contributed by atoms with E-state index >= 15 is 0 Å². The van der Waals surface area contributed by atoms with E-state index in [9.17, 15) is 0 Å². The molecule has 0 amide bonds. The molecule has 4 fully saturated rings. The molecule has 4 aromatic carbocycles. The fourth-order valence-electron chi connectivity index (χ4n) is 10.9. The molecular weight excluding hydrogens is 701 g/mol. The monoisotopic (exact) mass is 769 g/mol. The van der Waals surface area contributed by atoms with Crippen LogP contribution in [0.1, 0.15) is 127 Å². The Morgan fingerprint density at radius 3 is 1.03 bits per heavy atom. The lowest BCUT2D eigenvalue weighted by atomic mass is 9.83. The Hall–Kier alpha value is -4.56. The van der Waals surface area contributed by atoms with Gasteiger partial charge in [0.15, 0.2) is 0 Å². The van der Waals surface area contributed by atoms with Gasteiger partial charge in [0, 0.05) is 35.5 Å². The van der Waals surface area contributed by atoms with E-state index in [1.165, 1.54) is 149 Å². The smallest absolute Gasteiger partial charge is 0.0371 e. The first-order chi connectivity index (χ1) is 28.8. The number of benzene rings is 4. The van der Waals surface area contributed by atoms with Crippen LogP contribution in [0.3, 0.4) is 0 Å². The molecule has 0 saturated heterocycles. The van der Waals surface area contributed by atoms with Crippen molar-refractivity contribution in [1.82, 2.24) is 0 Å². The summed E-state index contributed by atoms with van der Waals surface area (Å²) in [5.41, 5.74) is 8.10. The maximum Gasteiger partial charge on any atom is 0.0371 e. The molecule has 0 aliphatic heterocycles. The second-order valence-electron chi connectivity index (χ2n) is 17.9. The molecule has 4 aliphatic rings. The van der Waals surface area contributed by atoms with Crippen molar-refractivity contribution in [2.75, 3.05) is 9.80 Å². The molecule has 2 heteroatoms. The van der Waals surface area contributed by atoms with Gasteiger partial charge in [0.1, 0.15) is 0 Å². The van der Waals surface area contributed by atoms with Gasteiger partial charge >= 0.3 is 0 Å². The van der Waals surface area contributed by atoms with Gasteiger partial charge in [-0.1, -0.05) is 172 Å². The van der Waals surface area contributed by atoms with Crippen molar-refractivity contribution in [2.45, 2.75) is 140 Å². The second-order valence-corrected chi connectivity index (χ2v) is 17.9. The molecule has 8 rings (SSSR count). The summed E-state index contributed by atoms with van der Waals surface area (Å²) in [5, 5.41) is 0. The average Bonchev–Trinajstić information content (AvgIpc) is 3.30. The molecular formula is C56H68N2. The number of nitrogens with zero attached hydrogens (tertiary/aromatic N) is 2. The lowest BCUT2D eigenvalue weighted by Crippen LogP contribution is -2.46. The standard InChI is InChI=1S/C56H68N2/c1-5-17-45(18-6-1)21-13-15-23-47-29-37-53(38-30-47)57(51-25-9-3-10-26-51)55-41-33-49(34-42-55)50-35-43-56(44-36-50)58(52-27-11-4-12-28-52)54-39-31-48(32-40-54)24-16-14-22-46-19-7-2-8-20-46/h1-2,5-8,13-24,33-36,41-44,47-48,51-54H,3-4,9-12,25-32,37-40H2. The summed E-state index contributed by atoms with van der Waals surface area (Å²) in [6.07, 6.45) is 42.4. The fourth-order valence-corrected chi connectivity index (χ4v) is 10.9. The molecule has 4 aromatic rings. The van der Waals surface area contributed by atoms with Crippen molar-refractivity contribution >= 4 is 23.5 Å². The first-order valence-electron chi connectivity index (χ1n) is 23.3. The van der Waals surface area contributed by atoms with Crippen LogP contribution in [0.2, 0.25) is 0 Å². The van der Waals surface area contributed by atoms with Crippen LogP contribution in [-0.2, 0) is 0 Å². The Balaban J connectivity index is 0.904. The summed E-state index contributed by atoms with van der Waals surface area (Å²) in [6.45, 7) is 0. The summed E-state index contributed by atoms with van der Waals surface area (Å²) < 4.78 is 0. The highest BCUT2D eigenvalue weighted by atomic mass is 15.2. The number of hydrogen-bond donors (Lipinski definition) is 0. The van der Waals surface area contributed by atoms with Crippen molar-refractivity contribution in [1.29, 1.82) is 0 Å². The summed E-state index contributed by atoms with van der Waals surface area (Å²) in [4.78, 5) is 5.77. The first kappa shape index (κ1) is 40.2. The highest BCUT2D eigenvalue weighted by Crippen LogP contribution is 2.39. The van der Waals surface area contributed by atoms with Gasteiger partial charge in [-0.3, -0.25) is 0 Å². The Labute approximate surface area is 351 Å². The first-order valence-corrected chi connectivity index (χ1v) is 23.3. The van der Waals surface area contributed by atoms with E-state index in [0.29, 0.717) is 36.0 Å². The molecule has 0 radical (unpaired) electrons. The zero-order valence-corrected chi connectivity index (χ0v) is 35.1. The van der Waals surface area contributed by atoms with Crippen molar-refractivity contribution in [3.05, 3.63) is 157 Å². The summed E-state index contributed by atoms with van der Waals surface area (Å²) in [6, 6.07) is 43.4. The highest BCUT2D eigenvalue weighted by Gasteiger charge is 2.32. The third-order valence-electron chi connectivity index (χ3n) is 14.0. The predicted molar refractivity (Wildman–Crippen MR) is 251 cm³/mol. The van der Waals surface area contributed by atoms with E-state index in [-0.39, 0.29) is 0 Å². The summed E-state index contributed by atoms with van der Waals surface area (Å²) in [5.74, 6) is 1.38. The Kier molecular flexibility index (Phi) is 14.5. The van der Waals surface area contributed by atoms with Gasteiger partial charge in [-0.2, -0.15) is 0 Å². The highest BCUT2D eigenvalue weighted by molar-refractivity contribution is 5.69. The predicted octanol–water partition coefficient (Wildman–Crippen LogP) is 15.3. The van der Waals surface area contributed by atoms with E-state index in [1.807, 2.05) is 0 Å². The summed E-state index contributed by atoms with van der Waals surface area (Å²) >= 11 is 0. The van der Waals surface area contributed by atoms with Gasteiger partial charge in [0.2, 0.25) is 0 Å². The minimum Gasteiger partial charge on any atom is -0.366 e. The van der Waals surface area contributed by atoms with E-state index < -0.39 is 0 Å². The second kappa shape index (κ2) is 20.9. The van der Waals surface area contributed by atoms with Crippen molar-refractivity contribution < 1.29 is 0 Å². The van der Waals surface area contributed by atoms with Crippen LogP contribution in [0.25, 0.3) is 23.3 Å². The molecule has 0 unspecified atom stereocenters. The van der Waals surface area contributed by atoms with Crippen LogP contribution in [-0.4, -0.2) is 24.2 Å². The van der Waals surface area contributed by atoms with Crippen molar-refractivity contribution in [2.24, 2.45) is 11.8 Å². The summed E-state index contributed by atoms with van der Waals surface area (Å²) in [7, 11) is 0. The van der Waals surface area contributed by atoms with Crippen LogP contribution in [0, 0.1) is 11.8 Å². The third-order valence-corrected chi connectivity index (χ3v) is 14.0. The third kappa shape index (κ3) is 10.9. The van der Waals surface area contributed by atoms with E-state index in [0.717, 1.165) is 0 Å². The van der Waals surface area contributed by atoms with E-state index in [1.54, 1.807) is 0 Å². The molecule has 4 saturated carbocycles. The topological polar surface area (TPSA) is 6.48 Å². The van der Waals surface area contributed by atoms with Gasteiger partial charge < -0.3 is 9.80 Å². The largest absolute Gasteiger partial charge is 0.366 e. The maximum atomic E-state index is 2.88. The average molecular weight is 769 g/mol. The number of hydrogen-bond acceptors (Lipinski definition) is 2. The van der Waals surface area contributed by atoms with Crippen LogP contribution >= 0.6 is 0 Å². The Bertz CT molecular complexity index is 1750. The molecule has 302 valence electrons. The minimum atomic E-state index is 0.645. The molecule has 4 aliphatic carbocycles. The van der Waals surface area contributed by atoms with Gasteiger partial charge in [-0.05, 0) is 135 Å². The zero-order chi connectivity index (χ0) is 39.2. The Morgan fingerprint density at radius 1 is 0.328 bits per heavy atom. The van der Waals surface area contributed by atoms with E-state index in [2.05, 4.69) is 168 Å². The number of rotatable bonds is 13. The molecule has 0 spiro atoms. The lowest BCUT2D eigenvalue weighted by molar-refractivity contribution is 0.313. The van der Waals surface area contributed by atoms with E-state index in [4.69, 9.17) is 0 Å². The van der Waals surface area contributed by atoms with Gasteiger partial charge in [-0.25, -0.2) is 0 Å². The van der Waals surface area contributed by atoms with Gasteiger partial charge in [0.05, 0.1) is 0 Å². The van der Waals surface area contributed by atoms with Crippen LogP contribution in [0.15, 0.2) is 146 Å². The Morgan fingerprint density at radius 2 is 0.672 bits per heavy atom. The fraction of sp³-hybridized carbons (Fsp3) is 0.429. The SMILES string of the molecule is C(C=CC1CCC(N(c2ccc(-c3ccc(N(C4CCCCC4)C4CCC(C=CC=Cc5ccccc5)CC4)cc3)cc2)C2CCCCC2)CC1)=Cc1ccccc1. The molecule has 0 heterocycles. The molecule has 0 N–H and O–H groups in total. The van der Waals surface area contributed by atoms with Crippen LogP contribution in [0.4, 0.5) is 11.4 Å². The van der Waals surface area contributed by atoms with Crippen molar-refractivity contribution in [3.63, 3.8) is 0 Å². The maximum absolute atomic E-state index is 2.88. The number of allylic oxidation sites excluding steroid dienone is 6. The normalized spacial score (nSPS) is 23.9. The molecule has 0 bridgehead atoms. The van der Waals surface area contributed by atoms with Gasteiger partial charge in [-0.15, -0.1) is 0 Å². The van der Waals surface area contributed by atoms with Crippen LogP contribution < -0.4 is 9.80 Å². The quantitative estimate of drug-likeness (QED) is 0.125. The number of anilines is 2.